The zero-order chi connectivity index (χ0) is 9.26. The molecule has 2 rings (SSSR count). The van der Waals surface area contributed by atoms with Crippen LogP contribution in [-0.4, -0.2) is 17.4 Å². The molecule has 0 radical (unpaired) electrons. The van der Waals surface area contributed by atoms with E-state index in [4.69, 9.17) is 14.5 Å². The molecule has 0 unspecified atom stereocenters. The standard InChI is InChI=1S/C8H7BO4/c10-9(11)13-8-5-6-3-1-2-4-7(6)12-8/h1-5,10-11H. The first-order chi connectivity index (χ1) is 6.25. The van der Waals surface area contributed by atoms with E-state index in [1.165, 1.54) is 0 Å². The Morgan fingerprint density at radius 2 is 2.00 bits per heavy atom. The van der Waals surface area contributed by atoms with Crippen LogP contribution >= 0.6 is 0 Å². The fraction of sp³-hybridized carbons (Fsp3) is 0. The molecule has 1 aromatic heterocycles. The van der Waals surface area contributed by atoms with Crippen LogP contribution in [0, 0.1) is 0 Å². The zero-order valence-corrected chi connectivity index (χ0v) is 6.68. The highest BCUT2D eigenvalue weighted by molar-refractivity contribution is 6.33. The van der Waals surface area contributed by atoms with Gasteiger partial charge in [-0.15, -0.1) is 0 Å². The minimum absolute atomic E-state index is 0.0937. The number of hydrogen-bond donors (Lipinski definition) is 2. The summed E-state index contributed by atoms with van der Waals surface area (Å²) in [5.41, 5.74) is 0.651. The average Bonchev–Trinajstić information content (AvgIpc) is 2.44. The first-order valence-electron chi connectivity index (χ1n) is 3.77. The lowest BCUT2D eigenvalue weighted by atomic mass is 10.2. The predicted octanol–water partition coefficient (Wildman–Crippen LogP) is 0.781. The smallest absolute Gasteiger partial charge is 0.484 e. The maximum atomic E-state index is 8.50. The Hall–Kier alpha value is -1.46. The van der Waals surface area contributed by atoms with Crippen molar-refractivity contribution in [2.24, 2.45) is 0 Å². The third kappa shape index (κ3) is 1.66. The second-order valence-corrected chi connectivity index (χ2v) is 2.55. The lowest BCUT2D eigenvalue weighted by molar-refractivity contribution is 0.257. The molecule has 13 heavy (non-hydrogen) atoms. The summed E-state index contributed by atoms with van der Waals surface area (Å²) in [5.74, 6) is 0.0937. The molecule has 4 nitrogen and oxygen atoms in total. The van der Waals surface area contributed by atoms with E-state index in [9.17, 15) is 0 Å². The lowest BCUT2D eigenvalue weighted by Crippen LogP contribution is -2.20. The molecule has 0 saturated carbocycles. The Labute approximate surface area is 74.5 Å². The fourth-order valence-electron chi connectivity index (χ4n) is 1.12. The first kappa shape index (κ1) is 8.16. The Morgan fingerprint density at radius 3 is 2.69 bits per heavy atom. The van der Waals surface area contributed by atoms with Gasteiger partial charge in [0.15, 0.2) is 0 Å². The van der Waals surface area contributed by atoms with E-state index in [2.05, 4.69) is 4.65 Å². The molecule has 0 aliphatic carbocycles. The Morgan fingerprint density at radius 1 is 1.23 bits per heavy atom. The van der Waals surface area contributed by atoms with Gasteiger partial charge in [-0.25, -0.2) is 0 Å². The van der Waals surface area contributed by atoms with Crippen molar-refractivity contribution in [2.45, 2.75) is 0 Å². The molecule has 0 aliphatic rings. The van der Waals surface area contributed by atoms with Crippen molar-refractivity contribution in [2.75, 3.05) is 0 Å². The van der Waals surface area contributed by atoms with Gasteiger partial charge in [0.25, 0.3) is 5.95 Å². The van der Waals surface area contributed by atoms with Crippen molar-refractivity contribution in [3.05, 3.63) is 30.3 Å². The summed E-state index contributed by atoms with van der Waals surface area (Å²) in [7, 11) is -1.85. The van der Waals surface area contributed by atoms with Gasteiger partial charge in [-0.05, 0) is 6.07 Å². The molecular weight excluding hydrogens is 171 g/mol. The zero-order valence-electron chi connectivity index (χ0n) is 6.68. The summed E-state index contributed by atoms with van der Waals surface area (Å²) >= 11 is 0. The molecule has 0 spiro atoms. The maximum absolute atomic E-state index is 8.50. The third-order valence-electron chi connectivity index (χ3n) is 1.62. The normalized spacial score (nSPS) is 10.3. The Balaban J connectivity index is 2.38. The molecule has 0 saturated heterocycles. The van der Waals surface area contributed by atoms with Crippen LogP contribution in [0.1, 0.15) is 0 Å². The summed E-state index contributed by atoms with van der Waals surface area (Å²) in [6.07, 6.45) is 0. The summed E-state index contributed by atoms with van der Waals surface area (Å²) in [4.78, 5) is 0. The van der Waals surface area contributed by atoms with Crippen LogP contribution in [0.15, 0.2) is 34.7 Å². The van der Waals surface area contributed by atoms with Gasteiger partial charge in [0.2, 0.25) is 0 Å². The van der Waals surface area contributed by atoms with Gasteiger partial charge in [0.05, 0.1) is 0 Å². The largest absolute Gasteiger partial charge is 0.709 e. The predicted molar refractivity (Wildman–Crippen MR) is 47.0 cm³/mol. The van der Waals surface area contributed by atoms with Crippen molar-refractivity contribution >= 4 is 18.3 Å². The molecule has 0 bridgehead atoms. The number of benzene rings is 1. The van der Waals surface area contributed by atoms with E-state index >= 15 is 0 Å². The third-order valence-corrected chi connectivity index (χ3v) is 1.62. The highest BCUT2D eigenvalue weighted by Gasteiger charge is 2.14. The van der Waals surface area contributed by atoms with Gasteiger partial charge in [0, 0.05) is 11.5 Å². The molecule has 66 valence electrons. The number of para-hydroxylation sites is 1. The topological polar surface area (TPSA) is 62.8 Å². The highest BCUT2D eigenvalue weighted by Crippen LogP contribution is 2.24. The maximum Gasteiger partial charge on any atom is 0.709 e. The van der Waals surface area contributed by atoms with Crippen molar-refractivity contribution in [3.8, 4) is 5.95 Å². The molecule has 0 atom stereocenters. The fourth-order valence-corrected chi connectivity index (χ4v) is 1.12. The number of rotatable bonds is 2. The van der Waals surface area contributed by atoms with Crippen molar-refractivity contribution < 1.29 is 19.1 Å². The van der Waals surface area contributed by atoms with Crippen LogP contribution in [0.5, 0.6) is 5.95 Å². The van der Waals surface area contributed by atoms with E-state index < -0.39 is 7.32 Å². The second-order valence-electron chi connectivity index (χ2n) is 2.55. The number of fused-ring (bicyclic) bond motifs is 1. The van der Waals surface area contributed by atoms with Crippen LogP contribution in [0.4, 0.5) is 0 Å². The molecule has 0 fully saturated rings. The summed E-state index contributed by atoms with van der Waals surface area (Å²) < 4.78 is 9.68. The van der Waals surface area contributed by atoms with Crippen LogP contribution in [0.25, 0.3) is 11.0 Å². The summed E-state index contributed by atoms with van der Waals surface area (Å²) in [5, 5.41) is 17.9. The Kier molecular flexibility index (Phi) is 1.96. The number of hydrogen-bond acceptors (Lipinski definition) is 4. The summed E-state index contributed by atoms with van der Waals surface area (Å²) in [6.45, 7) is 0. The van der Waals surface area contributed by atoms with Gasteiger partial charge in [-0.2, -0.15) is 0 Å². The minimum atomic E-state index is -1.85. The number of furan rings is 1. The van der Waals surface area contributed by atoms with E-state index in [0.717, 1.165) is 5.39 Å². The highest BCUT2D eigenvalue weighted by atomic mass is 16.7. The van der Waals surface area contributed by atoms with Gasteiger partial charge >= 0.3 is 7.32 Å². The first-order valence-corrected chi connectivity index (χ1v) is 3.77. The van der Waals surface area contributed by atoms with Crippen LogP contribution in [0.2, 0.25) is 0 Å². The van der Waals surface area contributed by atoms with Crippen molar-refractivity contribution in [1.82, 2.24) is 0 Å². The monoisotopic (exact) mass is 178 g/mol. The average molecular weight is 178 g/mol. The quantitative estimate of drug-likeness (QED) is 0.667. The molecule has 1 aromatic carbocycles. The Bertz CT molecular complexity index is 376. The minimum Gasteiger partial charge on any atom is -0.484 e. The summed E-state index contributed by atoms with van der Waals surface area (Å²) in [6, 6.07) is 8.89. The van der Waals surface area contributed by atoms with Crippen LogP contribution in [0.3, 0.4) is 0 Å². The molecule has 5 heteroatoms. The van der Waals surface area contributed by atoms with E-state index in [-0.39, 0.29) is 5.95 Å². The second kappa shape index (κ2) is 3.12. The molecule has 2 N–H and O–H groups in total. The van der Waals surface area contributed by atoms with Gasteiger partial charge < -0.3 is 19.1 Å². The van der Waals surface area contributed by atoms with Crippen LogP contribution in [-0.2, 0) is 0 Å². The molecule has 0 aliphatic heterocycles. The van der Waals surface area contributed by atoms with Crippen molar-refractivity contribution in [1.29, 1.82) is 0 Å². The van der Waals surface area contributed by atoms with Crippen molar-refractivity contribution in [3.63, 3.8) is 0 Å². The molecular formula is C8H7BO4. The van der Waals surface area contributed by atoms with Gasteiger partial charge in [-0.3, -0.25) is 0 Å². The lowest BCUT2D eigenvalue weighted by Gasteiger charge is -1.96. The van der Waals surface area contributed by atoms with E-state index in [1.807, 2.05) is 18.2 Å². The molecule has 2 aromatic rings. The van der Waals surface area contributed by atoms with E-state index in [0.29, 0.717) is 5.58 Å². The van der Waals surface area contributed by atoms with Gasteiger partial charge in [0.1, 0.15) is 5.58 Å². The molecule has 1 heterocycles. The van der Waals surface area contributed by atoms with E-state index in [1.54, 1.807) is 12.1 Å². The molecule has 0 amide bonds. The SMILES string of the molecule is OB(O)Oc1cc2ccccc2o1. The van der Waals surface area contributed by atoms with Gasteiger partial charge in [-0.1, -0.05) is 18.2 Å². The van der Waals surface area contributed by atoms with Crippen LogP contribution < -0.4 is 4.65 Å².